The van der Waals surface area contributed by atoms with Gasteiger partial charge in [-0.2, -0.15) is 11.8 Å². The number of esters is 1. The molecule has 1 heterocycles. The smallest absolute Gasteiger partial charge is 0.340 e. The molecule has 5 heteroatoms. The first-order valence-corrected chi connectivity index (χ1v) is 7.37. The van der Waals surface area contributed by atoms with Crippen LogP contribution in [0.1, 0.15) is 45.4 Å². The zero-order chi connectivity index (χ0) is 13.5. The number of hydrogen-bond acceptors (Lipinski definition) is 4. The molecule has 0 aromatic carbocycles. The van der Waals surface area contributed by atoms with Crippen molar-refractivity contribution >= 4 is 24.0 Å². The Kier molecular flexibility index (Phi) is 5.98. The molecule has 0 atom stereocenters. The van der Waals surface area contributed by atoms with Gasteiger partial charge in [-0.25, -0.2) is 4.79 Å². The van der Waals surface area contributed by atoms with Gasteiger partial charge >= 0.3 is 5.97 Å². The molecule has 1 aromatic heterocycles. The Morgan fingerprint density at radius 2 is 2.22 bits per heavy atom. The van der Waals surface area contributed by atoms with Crippen LogP contribution in [0.25, 0.3) is 0 Å². The summed E-state index contributed by atoms with van der Waals surface area (Å²) < 4.78 is 5.03. The van der Waals surface area contributed by atoms with Crippen LogP contribution in [0.2, 0.25) is 0 Å². The predicted molar refractivity (Wildman–Crippen MR) is 73.6 cm³/mol. The molecule has 1 aromatic rings. The van der Waals surface area contributed by atoms with Gasteiger partial charge in [0.05, 0.1) is 17.9 Å². The molecule has 0 radical (unpaired) electrons. The van der Waals surface area contributed by atoms with Crippen LogP contribution in [-0.2, 0) is 11.2 Å². The number of aromatic amines is 1. The lowest BCUT2D eigenvalue weighted by Gasteiger charge is -2.05. The van der Waals surface area contributed by atoms with Crippen LogP contribution < -0.4 is 0 Å². The van der Waals surface area contributed by atoms with Crippen molar-refractivity contribution < 1.29 is 14.3 Å². The van der Waals surface area contributed by atoms with Gasteiger partial charge in [-0.3, -0.25) is 4.79 Å². The third-order valence-corrected chi connectivity index (χ3v) is 3.39. The van der Waals surface area contributed by atoms with Crippen molar-refractivity contribution in [2.45, 2.75) is 26.7 Å². The second kappa shape index (κ2) is 7.26. The Morgan fingerprint density at radius 1 is 1.50 bits per heavy atom. The minimum absolute atomic E-state index is 0.337. The number of aryl methyl sites for hydroxylation is 1. The summed E-state index contributed by atoms with van der Waals surface area (Å²) in [4.78, 5) is 25.9. The molecular formula is C13H19NO3S. The van der Waals surface area contributed by atoms with Crippen LogP contribution in [-0.4, -0.2) is 35.9 Å². The first-order valence-electron chi connectivity index (χ1n) is 5.98. The highest BCUT2D eigenvalue weighted by Gasteiger charge is 2.21. The van der Waals surface area contributed by atoms with Crippen LogP contribution in [0.5, 0.6) is 0 Å². The van der Waals surface area contributed by atoms with Crippen LogP contribution in [0.3, 0.4) is 0 Å². The molecule has 18 heavy (non-hydrogen) atoms. The van der Waals surface area contributed by atoms with Gasteiger partial charge in [0, 0.05) is 5.69 Å². The Bertz CT molecular complexity index is 426. The summed E-state index contributed by atoms with van der Waals surface area (Å²) in [6.45, 7) is 3.90. The lowest BCUT2D eigenvalue weighted by Crippen LogP contribution is -2.08. The zero-order valence-electron chi connectivity index (χ0n) is 11.0. The molecule has 1 N–H and O–H groups in total. The Balaban J connectivity index is 3.02. The quantitative estimate of drug-likeness (QED) is 0.469. The molecule has 0 saturated heterocycles. The van der Waals surface area contributed by atoms with E-state index >= 15 is 0 Å². The SMILES string of the molecule is CCOC(=O)c1c(C)[nH]c(C=O)c1CCCSC. The number of aldehydes is 1. The lowest BCUT2D eigenvalue weighted by atomic mass is 10.0. The summed E-state index contributed by atoms with van der Waals surface area (Å²) in [5.41, 5.74) is 2.52. The van der Waals surface area contributed by atoms with Gasteiger partial charge in [0.25, 0.3) is 0 Å². The Morgan fingerprint density at radius 3 is 2.78 bits per heavy atom. The minimum Gasteiger partial charge on any atom is -0.462 e. The summed E-state index contributed by atoms with van der Waals surface area (Å²) in [6, 6.07) is 0. The Hall–Kier alpha value is -1.23. The monoisotopic (exact) mass is 269 g/mol. The number of ether oxygens (including phenoxy) is 1. The molecule has 0 aliphatic carbocycles. The number of thioether (sulfide) groups is 1. The standard InChI is InChI=1S/C13H19NO3S/c1-4-17-13(16)12-9(2)14-11(8-15)10(12)6-5-7-18-3/h8,14H,4-7H2,1-3H3. The van der Waals surface area contributed by atoms with E-state index in [0.29, 0.717) is 30.0 Å². The number of rotatable bonds is 7. The molecule has 0 saturated carbocycles. The number of hydrogen-bond donors (Lipinski definition) is 1. The third kappa shape index (κ3) is 3.38. The van der Waals surface area contributed by atoms with Crippen molar-refractivity contribution in [1.82, 2.24) is 4.98 Å². The highest BCUT2D eigenvalue weighted by molar-refractivity contribution is 7.98. The van der Waals surface area contributed by atoms with Gasteiger partial charge in [0.2, 0.25) is 0 Å². The average Bonchev–Trinajstić information content (AvgIpc) is 2.66. The molecule has 0 amide bonds. The predicted octanol–water partition coefficient (Wildman–Crippen LogP) is 2.61. The molecule has 0 bridgehead atoms. The third-order valence-electron chi connectivity index (χ3n) is 2.70. The summed E-state index contributed by atoms with van der Waals surface area (Å²) in [6.07, 6.45) is 4.46. The molecular weight excluding hydrogens is 250 g/mol. The van der Waals surface area contributed by atoms with Gasteiger partial charge in [0.15, 0.2) is 6.29 Å². The first-order chi connectivity index (χ1) is 8.65. The topological polar surface area (TPSA) is 59.2 Å². The van der Waals surface area contributed by atoms with Crippen LogP contribution in [0, 0.1) is 6.92 Å². The number of H-pyrrole nitrogens is 1. The maximum Gasteiger partial charge on any atom is 0.340 e. The van der Waals surface area contributed by atoms with E-state index in [1.807, 2.05) is 6.26 Å². The number of nitrogens with one attached hydrogen (secondary N) is 1. The molecule has 0 aliphatic rings. The fourth-order valence-electron chi connectivity index (χ4n) is 1.93. The molecule has 1 rings (SSSR count). The summed E-state index contributed by atoms with van der Waals surface area (Å²) >= 11 is 1.75. The van der Waals surface area contributed by atoms with E-state index in [-0.39, 0.29) is 5.97 Å². The van der Waals surface area contributed by atoms with Gasteiger partial charge in [-0.05, 0) is 44.3 Å². The highest BCUT2D eigenvalue weighted by Crippen LogP contribution is 2.21. The maximum absolute atomic E-state index is 11.9. The summed E-state index contributed by atoms with van der Waals surface area (Å²) in [5.74, 6) is 0.656. The van der Waals surface area contributed by atoms with Crippen molar-refractivity contribution in [2.75, 3.05) is 18.6 Å². The summed E-state index contributed by atoms with van der Waals surface area (Å²) in [5, 5.41) is 0. The number of carbonyl (C=O) groups is 2. The van der Waals surface area contributed by atoms with Crippen molar-refractivity contribution in [3.63, 3.8) is 0 Å². The average molecular weight is 269 g/mol. The molecule has 0 spiro atoms. The van der Waals surface area contributed by atoms with Crippen molar-refractivity contribution in [3.05, 3.63) is 22.5 Å². The Labute approximate surface area is 111 Å². The van der Waals surface area contributed by atoms with E-state index in [0.717, 1.165) is 24.0 Å². The van der Waals surface area contributed by atoms with E-state index in [1.54, 1.807) is 25.6 Å². The molecule has 0 aliphatic heterocycles. The highest BCUT2D eigenvalue weighted by atomic mass is 32.2. The van der Waals surface area contributed by atoms with Crippen molar-refractivity contribution in [3.8, 4) is 0 Å². The molecule has 0 unspecified atom stereocenters. The van der Waals surface area contributed by atoms with Crippen molar-refractivity contribution in [1.29, 1.82) is 0 Å². The van der Waals surface area contributed by atoms with E-state index < -0.39 is 0 Å². The minimum atomic E-state index is -0.349. The van der Waals surface area contributed by atoms with E-state index in [2.05, 4.69) is 4.98 Å². The number of aromatic nitrogens is 1. The number of carbonyl (C=O) groups excluding carboxylic acids is 2. The van der Waals surface area contributed by atoms with Gasteiger partial charge in [0.1, 0.15) is 0 Å². The van der Waals surface area contributed by atoms with Crippen LogP contribution in [0.15, 0.2) is 0 Å². The first kappa shape index (κ1) is 14.8. The summed E-state index contributed by atoms with van der Waals surface area (Å²) in [7, 11) is 0. The maximum atomic E-state index is 11.9. The fraction of sp³-hybridized carbons (Fsp3) is 0.538. The normalized spacial score (nSPS) is 10.4. The molecule has 4 nitrogen and oxygen atoms in total. The molecule has 0 fully saturated rings. The van der Waals surface area contributed by atoms with E-state index in [4.69, 9.17) is 4.74 Å². The van der Waals surface area contributed by atoms with Crippen LogP contribution >= 0.6 is 11.8 Å². The van der Waals surface area contributed by atoms with Gasteiger partial charge in [-0.1, -0.05) is 0 Å². The van der Waals surface area contributed by atoms with Gasteiger partial charge in [-0.15, -0.1) is 0 Å². The molecule has 100 valence electrons. The van der Waals surface area contributed by atoms with E-state index in [9.17, 15) is 9.59 Å². The largest absolute Gasteiger partial charge is 0.462 e. The second-order valence-electron chi connectivity index (χ2n) is 3.95. The van der Waals surface area contributed by atoms with Gasteiger partial charge < -0.3 is 9.72 Å². The lowest BCUT2D eigenvalue weighted by molar-refractivity contribution is 0.0524. The second-order valence-corrected chi connectivity index (χ2v) is 4.94. The van der Waals surface area contributed by atoms with Crippen LogP contribution in [0.4, 0.5) is 0 Å². The fourth-order valence-corrected chi connectivity index (χ4v) is 2.37. The van der Waals surface area contributed by atoms with E-state index in [1.165, 1.54) is 0 Å². The zero-order valence-corrected chi connectivity index (χ0v) is 11.9. The van der Waals surface area contributed by atoms with Crippen molar-refractivity contribution in [2.24, 2.45) is 0 Å².